The van der Waals surface area contributed by atoms with E-state index in [0.29, 0.717) is 26.2 Å². The van der Waals surface area contributed by atoms with Crippen molar-refractivity contribution in [3.63, 3.8) is 0 Å². The summed E-state index contributed by atoms with van der Waals surface area (Å²) >= 11 is 0. The molecule has 6 heteroatoms. The summed E-state index contributed by atoms with van der Waals surface area (Å²) in [6, 6.07) is 8.12. The molecule has 1 aromatic carbocycles. The zero-order chi connectivity index (χ0) is 16.7. The van der Waals surface area contributed by atoms with Crippen LogP contribution in [-0.2, 0) is 16.0 Å². The van der Waals surface area contributed by atoms with Gasteiger partial charge in [-0.3, -0.25) is 14.6 Å². The summed E-state index contributed by atoms with van der Waals surface area (Å²) in [5.41, 5.74) is 2.03. The lowest BCUT2D eigenvalue weighted by atomic mass is 9.93. The highest BCUT2D eigenvalue weighted by molar-refractivity contribution is 5.96. The van der Waals surface area contributed by atoms with Crippen molar-refractivity contribution in [2.45, 2.75) is 25.3 Å². The minimum absolute atomic E-state index is 0.143. The van der Waals surface area contributed by atoms with Crippen LogP contribution in [0.25, 0.3) is 0 Å². The van der Waals surface area contributed by atoms with Crippen LogP contribution in [0.1, 0.15) is 18.9 Å². The van der Waals surface area contributed by atoms with Gasteiger partial charge in [0.2, 0.25) is 5.91 Å². The fourth-order valence-corrected chi connectivity index (χ4v) is 4.16. The van der Waals surface area contributed by atoms with Gasteiger partial charge < -0.3 is 9.64 Å². The number of hydrogen-bond donors (Lipinski definition) is 0. The van der Waals surface area contributed by atoms with E-state index in [0.717, 1.165) is 31.6 Å². The summed E-state index contributed by atoms with van der Waals surface area (Å²) in [4.78, 5) is 30.6. The topological polar surface area (TPSA) is 53.1 Å². The van der Waals surface area contributed by atoms with E-state index in [2.05, 4.69) is 17.9 Å². The first-order valence-corrected chi connectivity index (χ1v) is 8.68. The Morgan fingerprint density at radius 3 is 2.92 bits per heavy atom. The Morgan fingerprint density at radius 1 is 1.25 bits per heavy atom. The highest BCUT2D eigenvalue weighted by Gasteiger charge is 2.49. The van der Waals surface area contributed by atoms with E-state index in [1.807, 2.05) is 28.0 Å². The fraction of sp³-hybridized carbons (Fsp3) is 0.556. The minimum Gasteiger partial charge on any atom is -0.447 e. The molecule has 0 spiro atoms. The van der Waals surface area contributed by atoms with Crippen LogP contribution in [-0.4, -0.2) is 66.7 Å². The fourth-order valence-electron chi connectivity index (χ4n) is 4.16. The second-order valence-corrected chi connectivity index (χ2v) is 6.92. The largest absolute Gasteiger partial charge is 0.447 e. The van der Waals surface area contributed by atoms with E-state index in [-0.39, 0.29) is 17.5 Å². The molecular weight excluding hydrogens is 306 g/mol. The van der Waals surface area contributed by atoms with E-state index in [4.69, 9.17) is 4.74 Å². The van der Waals surface area contributed by atoms with Crippen LogP contribution in [0.5, 0.6) is 0 Å². The van der Waals surface area contributed by atoms with Gasteiger partial charge in [0, 0.05) is 31.9 Å². The summed E-state index contributed by atoms with van der Waals surface area (Å²) in [6.45, 7) is 5.73. The number of amides is 2. The number of rotatable bonds is 3. The maximum absolute atomic E-state index is 12.8. The molecule has 1 atom stereocenters. The smallest absolute Gasteiger partial charge is 0.410 e. The van der Waals surface area contributed by atoms with Crippen molar-refractivity contribution in [3.8, 4) is 0 Å². The molecule has 0 radical (unpaired) electrons. The molecular formula is C18H23N3O3. The lowest BCUT2D eigenvalue weighted by Gasteiger charge is -2.44. The molecule has 3 aliphatic rings. The van der Waals surface area contributed by atoms with Crippen molar-refractivity contribution >= 4 is 17.7 Å². The monoisotopic (exact) mass is 329 g/mol. The van der Waals surface area contributed by atoms with Crippen LogP contribution in [0.4, 0.5) is 10.5 Å². The number of anilines is 1. The zero-order valence-electron chi connectivity index (χ0n) is 14.0. The second-order valence-electron chi connectivity index (χ2n) is 6.92. The molecule has 2 fully saturated rings. The molecule has 6 nitrogen and oxygen atoms in total. The highest BCUT2D eigenvalue weighted by Crippen LogP contribution is 2.32. The Balaban J connectivity index is 1.45. The molecule has 1 unspecified atom stereocenters. The van der Waals surface area contributed by atoms with Gasteiger partial charge in [-0.2, -0.15) is 0 Å². The zero-order valence-corrected chi connectivity index (χ0v) is 14.0. The van der Waals surface area contributed by atoms with Gasteiger partial charge in [-0.05, 0) is 24.5 Å². The van der Waals surface area contributed by atoms with E-state index >= 15 is 0 Å². The Labute approximate surface area is 142 Å². The molecule has 0 saturated carbocycles. The molecule has 2 amide bonds. The SMILES string of the molecule is CCC12COC(=O)N1CCN(CC(=O)N1CCc3ccccc31)C2. The quantitative estimate of drug-likeness (QED) is 0.843. The molecule has 2 saturated heterocycles. The summed E-state index contributed by atoms with van der Waals surface area (Å²) < 4.78 is 5.26. The van der Waals surface area contributed by atoms with Gasteiger partial charge >= 0.3 is 6.09 Å². The first-order chi connectivity index (χ1) is 11.6. The van der Waals surface area contributed by atoms with Crippen LogP contribution >= 0.6 is 0 Å². The average Bonchev–Trinajstić information content (AvgIpc) is 3.17. The van der Waals surface area contributed by atoms with Crippen molar-refractivity contribution in [1.29, 1.82) is 0 Å². The molecule has 0 aromatic heterocycles. The molecule has 1 aromatic rings. The lowest BCUT2D eigenvalue weighted by molar-refractivity contribution is -0.120. The molecule has 0 aliphatic carbocycles. The number of nitrogens with zero attached hydrogens (tertiary/aromatic N) is 3. The third-order valence-electron chi connectivity index (χ3n) is 5.62. The first kappa shape index (κ1) is 15.4. The van der Waals surface area contributed by atoms with Crippen LogP contribution in [0.3, 0.4) is 0 Å². The van der Waals surface area contributed by atoms with Crippen molar-refractivity contribution in [3.05, 3.63) is 29.8 Å². The minimum atomic E-state index is -0.265. The number of hydrogen-bond acceptors (Lipinski definition) is 4. The predicted molar refractivity (Wildman–Crippen MR) is 90.0 cm³/mol. The Morgan fingerprint density at radius 2 is 2.08 bits per heavy atom. The van der Waals surface area contributed by atoms with Crippen molar-refractivity contribution in [2.24, 2.45) is 0 Å². The third kappa shape index (κ3) is 2.36. The van der Waals surface area contributed by atoms with Crippen LogP contribution in [0.15, 0.2) is 24.3 Å². The highest BCUT2D eigenvalue weighted by atomic mass is 16.6. The molecule has 24 heavy (non-hydrogen) atoms. The van der Waals surface area contributed by atoms with Crippen molar-refractivity contribution in [2.75, 3.05) is 44.2 Å². The molecule has 0 N–H and O–H groups in total. The number of benzene rings is 1. The number of carbonyl (C=O) groups excluding carboxylic acids is 2. The Bertz CT molecular complexity index is 677. The van der Waals surface area contributed by atoms with E-state index in [1.165, 1.54) is 5.56 Å². The maximum atomic E-state index is 12.8. The Hall–Kier alpha value is -2.08. The third-order valence-corrected chi connectivity index (χ3v) is 5.62. The number of cyclic esters (lactones) is 1. The molecule has 0 bridgehead atoms. The maximum Gasteiger partial charge on any atom is 0.410 e. The summed E-state index contributed by atoms with van der Waals surface area (Å²) in [7, 11) is 0. The first-order valence-electron chi connectivity index (χ1n) is 8.68. The summed E-state index contributed by atoms with van der Waals surface area (Å²) in [5, 5.41) is 0. The standard InChI is InChI=1S/C18H23N3O3/c1-2-18-12-19(9-10-21(18)17(23)24-13-18)11-16(22)20-8-7-14-5-3-4-6-15(14)20/h3-6H,2,7-13H2,1H3. The molecule has 3 heterocycles. The van der Waals surface area contributed by atoms with Gasteiger partial charge in [-0.1, -0.05) is 25.1 Å². The molecule has 4 rings (SSSR count). The van der Waals surface area contributed by atoms with Crippen LogP contribution in [0, 0.1) is 0 Å². The van der Waals surface area contributed by atoms with Gasteiger partial charge in [-0.15, -0.1) is 0 Å². The van der Waals surface area contributed by atoms with Gasteiger partial charge in [0.05, 0.1) is 12.1 Å². The van der Waals surface area contributed by atoms with Gasteiger partial charge in [0.15, 0.2) is 0 Å². The van der Waals surface area contributed by atoms with E-state index in [1.54, 1.807) is 0 Å². The van der Waals surface area contributed by atoms with Gasteiger partial charge in [-0.25, -0.2) is 4.79 Å². The number of fused-ring (bicyclic) bond motifs is 2. The Kier molecular flexibility index (Phi) is 3.72. The van der Waals surface area contributed by atoms with E-state index < -0.39 is 0 Å². The number of carbonyl (C=O) groups is 2. The number of ether oxygens (including phenoxy) is 1. The number of piperazine rings is 1. The van der Waals surface area contributed by atoms with Crippen molar-refractivity contribution in [1.82, 2.24) is 9.80 Å². The summed E-state index contributed by atoms with van der Waals surface area (Å²) in [6.07, 6.45) is 1.56. The molecule has 128 valence electrons. The van der Waals surface area contributed by atoms with Crippen LogP contribution in [0.2, 0.25) is 0 Å². The molecule has 3 aliphatic heterocycles. The van der Waals surface area contributed by atoms with Crippen LogP contribution < -0.4 is 4.90 Å². The average molecular weight is 329 g/mol. The van der Waals surface area contributed by atoms with Crippen molar-refractivity contribution < 1.29 is 14.3 Å². The van der Waals surface area contributed by atoms with Gasteiger partial charge in [0.1, 0.15) is 6.61 Å². The van der Waals surface area contributed by atoms with E-state index in [9.17, 15) is 9.59 Å². The normalized spacial score (nSPS) is 26.3. The predicted octanol–water partition coefficient (Wildman–Crippen LogP) is 1.49. The summed E-state index contributed by atoms with van der Waals surface area (Å²) in [5.74, 6) is 0.143. The lowest BCUT2D eigenvalue weighted by Crippen LogP contribution is -2.62. The van der Waals surface area contributed by atoms with Gasteiger partial charge in [0.25, 0.3) is 0 Å². The second kappa shape index (κ2) is 5.77. The number of para-hydroxylation sites is 1.